The van der Waals surface area contributed by atoms with Crippen LogP contribution in [0.4, 0.5) is 4.79 Å². The molecule has 2 N–H and O–H groups in total. The van der Waals surface area contributed by atoms with Crippen molar-refractivity contribution in [3.63, 3.8) is 0 Å². The summed E-state index contributed by atoms with van der Waals surface area (Å²) in [4.78, 5) is 23.8. The molecule has 0 aromatic carbocycles. The van der Waals surface area contributed by atoms with Crippen molar-refractivity contribution in [2.45, 2.75) is 71.6 Å². The van der Waals surface area contributed by atoms with E-state index in [1.165, 1.54) is 0 Å². The lowest BCUT2D eigenvalue weighted by Crippen LogP contribution is -2.53. The van der Waals surface area contributed by atoms with E-state index in [-0.39, 0.29) is 24.0 Å². The molecule has 0 unspecified atom stereocenters. The molecule has 1 aliphatic rings. The van der Waals surface area contributed by atoms with Gasteiger partial charge in [-0.05, 0) is 46.0 Å². The molecule has 19 heavy (non-hydrogen) atoms. The zero-order valence-corrected chi connectivity index (χ0v) is 12.6. The maximum absolute atomic E-state index is 12.0. The number of carbonyl (C=O) groups excluding carboxylic acids is 2. The molecule has 1 fully saturated rings. The molecule has 1 saturated carbocycles. The summed E-state index contributed by atoms with van der Waals surface area (Å²) >= 11 is 0. The Bertz CT molecular complexity index is 330. The van der Waals surface area contributed by atoms with Crippen LogP contribution in [0.2, 0.25) is 0 Å². The van der Waals surface area contributed by atoms with Crippen LogP contribution in [0, 0.1) is 5.92 Å². The number of urea groups is 1. The third-order valence-electron chi connectivity index (χ3n) is 3.05. The van der Waals surface area contributed by atoms with Crippen molar-refractivity contribution in [2.24, 2.45) is 5.92 Å². The Morgan fingerprint density at radius 1 is 1.21 bits per heavy atom. The molecule has 0 spiro atoms. The number of esters is 1. The number of rotatable bonds is 4. The third kappa shape index (κ3) is 5.49. The number of nitrogens with one attached hydrogen (secondary N) is 2. The highest BCUT2D eigenvalue weighted by Gasteiger charge is 2.30. The normalized spacial score (nSPS) is 17.6. The highest BCUT2D eigenvalue weighted by atomic mass is 16.6. The van der Waals surface area contributed by atoms with Crippen molar-refractivity contribution in [1.82, 2.24) is 10.6 Å². The van der Waals surface area contributed by atoms with Gasteiger partial charge in [0.2, 0.25) is 0 Å². The first-order valence-corrected chi connectivity index (χ1v) is 6.99. The summed E-state index contributed by atoms with van der Waals surface area (Å²) in [5.41, 5.74) is -0.545. The van der Waals surface area contributed by atoms with E-state index in [0.717, 1.165) is 19.3 Å². The van der Waals surface area contributed by atoms with E-state index in [1.54, 1.807) is 0 Å². The Balaban J connectivity index is 2.51. The Morgan fingerprint density at radius 3 is 2.16 bits per heavy atom. The second kappa shape index (κ2) is 6.26. The van der Waals surface area contributed by atoms with E-state index >= 15 is 0 Å². The Morgan fingerprint density at radius 2 is 1.79 bits per heavy atom. The predicted octanol–water partition coefficient (Wildman–Crippen LogP) is 2.20. The molecule has 0 aromatic rings. The molecule has 2 amide bonds. The molecule has 0 radical (unpaired) electrons. The van der Waals surface area contributed by atoms with Gasteiger partial charge < -0.3 is 15.4 Å². The minimum atomic E-state index is -0.612. The quantitative estimate of drug-likeness (QED) is 0.770. The maximum atomic E-state index is 12.0. The molecule has 0 saturated heterocycles. The van der Waals surface area contributed by atoms with E-state index in [2.05, 4.69) is 10.6 Å². The Kier molecular flexibility index (Phi) is 5.20. The number of carbonyl (C=O) groups is 2. The predicted molar refractivity (Wildman–Crippen MR) is 73.8 cm³/mol. The topological polar surface area (TPSA) is 67.4 Å². The summed E-state index contributed by atoms with van der Waals surface area (Å²) in [6.45, 7) is 9.22. The Labute approximate surface area is 115 Å². The van der Waals surface area contributed by atoms with Crippen molar-refractivity contribution in [3.8, 4) is 0 Å². The lowest BCUT2D eigenvalue weighted by atomic mass is 9.93. The fraction of sp³-hybridized carbons (Fsp3) is 0.857. The fourth-order valence-corrected chi connectivity index (χ4v) is 1.78. The monoisotopic (exact) mass is 270 g/mol. The molecule has 5 heteroatoms. The van der Waals surface area contributed by atoms with Crippen LogP contribution in [0.15, 0.2) is 0 Å². The van der Waals surface area contributed by atoms with Crippen LogP contribution in [-0.2, 0) is 9.53 Å². The highest BCUT2D eigenvalue weighted by molar-refractivity contribution is 5.84. The van der Waals surface area contributed by atoms with Crippen molar-refractivity contribution in [1.29, 1.82) is 0 Å². The summed E-state index contributed by atoms with van der Waals surface area (Å²) < 4.78 is 5.33. The fourth-order valence-electron chi connectivity index (χ4n) is 1.78. The van der Waals surface area contributed by atoms with Gasteiger partial charge in [-0.25, -0.2) is 9.59 Å². The van der Waals surface area contributed by atoms with Crippen LogP contribution >= 0.6 is 0 Å². The minimum absolute atomic E-state index is 0.0120. The Hall–Kier alpha value is -1.26. The molecule has 1 rings (SSSR count). The van der Waals surface area contributed by atoms with Gasteiger partial charge in [0.1, 0.15) is 11.6 Å². The third-order valence-corrected chi connectivity index (χ3v) is 3.05. The van der Waals surface area contributed by atoms with Crippen LogP contribution in [-0.4, -0.2) is 29.7 Å². The van der Waals surface area contributed by atoms with Gasteiger partial charge in [0.15, 0.2) is 0 Å². The molecule has 5 nitrogen and oxygen atoms in total. The van der Waals surface area contributed by atoms with Crippen LogP contribution in [0.1, 0.15) is 53.9 Å². The van der Waals surface area contributed by atoms with Gasteiger partial charge in [0.25, 0.3) is 0 Å². The zero-order valence-electron chi connectivity index (χ0n) is 12.6. The number of ether oxygens (including phenoxy) is 1. The van der Waals surface area contributed by atoms with Gasteiger partial charge in [0, 0.05) is 6.04 Å². The highest BCUT2D eigenvalue weighted by Crippen LogP contribution is 2.18. The van der Waals surface area contributed by atoms with Gasteiger partial charge in [-0.15, -0.1) is 0 Å². The summed E-state index contributed by atoms with van der Waals surface area (Å²) in [6.07, 6.45) is 3.20. The average molecular weight is 270 g/mol. The standard InChI is InChI=1S/C14H26N2O3/c1-9(2)11(12(17)19-14(3,4)5)16-13(18)15-10-7-6-8-10/h9-11H,6-8H2,1-5H3,(H2,15,16,18)/t11-/m0/s1. The van der Waals surface area contributed by atoms with Gasteiger partial charge >= 0.3 is 12.0 Å². The molecule has 1 atom stereocenters. The SMILES string of the molecule is CC(C)[C@H](NC(=O)NC1CCC1)C(=O)OC(C)(C)C. The molecule has 0 aliphatic heterocycles. The zero-order chi connectivity index (χ0) is 14.6. The molecule has 110 valence electrons. The smallest absolute Gasteiger partial charge is 0.329 e. The van der Waals surface area contributed by atoms with Gasteiger partial charge in [-0.1, -0.05) is 13.8 Å². The van der Waals surface area contributed by atoms with E-state index < -0.39 is 11.6 Å². The molecular weight excluding hydrogens is 244 g/mol. The van der Waals surface area contributed by atoms with Crippen molar-refractivity contribution >= 4 is 12.0 Å². The van der Waals surface area contributed by atoms with E-state index in [9.17, 15) is 9.59 Å². The van der Waals surface area contributed by atoms with Crippen LogP contribution in [0.3, 0.4) is 0 Å². The van der Waals surface area contributed by atoms with Gasteiger partial charge in [-0.3, -0.25) is 0 Å². The molecule has 0 heterocycles. The first-order chi connectivity index (χ1) is 8.69. The maximum Gasteiger partial charge on any atom is 0.329 e. The lowest BCUT2D eigenvalue weighted by molar-refractivity contribution is -0.158. The summed E-state index contributed by atoms with van der Waals surface area (Å²) in [6, 6.07) is -0.639. The van der Waals surface area contributed by atoms with Crippen LogP contribution < -0.4 is 10.6 Å². The molecule has 1 aliphatic carbocycles. The second-order valence-corrected chi connectivity index (χ2v) is 6.50. The summed E-state index contributed by atoms with van der Waals surface area (Å²) in [5, 5.41) is 5.57. The molecule has 0 aromatic heterocycles. The summed E-state index contributed by atoms with van der Waals surface area (Å²) in [7, 11) is 0. The average Bonchev–Trinajstić information content (AvgIpc) is 2.16. The summed E-state index contributed by atoms with van der Waals surface area (Å²) in [5.74, 6) is -0.395. The van der Waals surface area contributed by atoms with Crippen molar-refractivity contribution in [3.05, 3.63) is 0 Å². The van der Waals surface area contributed by atoms with E-state index in [1.807, 2.05) is 34.6 Å². The first kappa shape index (κ1) is 15.8. The van der Waals surface area contributed by atoms with Crippen LogP contribution in [0.5, 0.6) is 0 Å². The van der Waals surface area contributed by atoms with Crippen molar-refractivity contribution < 1.29 is 14.3 Å². The van der Waals surface area contributed by atoms with Gasteiger partial charge in [0.05, 0.1) is 0 Å². The number of hydrogen-bond acceptors (Lipinski definition) is 3. The van der Waals surface area contributed by atoms with E-state index in [4.69, 9.17) is 4.74 Å². The number of amides is 2. The minimum Gasteiger partial charge on any atom is -0.458 e. The number of hydrogen-bond donors (Lipinski definition) is 2. The lowest BCUT2D eigenvalue weighted by Gasteiger charge is -2.29. The van der Waals surface area contributed by atoms with Gasteiger partial charge in [-0.2, -0.15) is 0 Å². The van der Waals surface area contributed by atoms with Crippen LogP contribution in [0.25, 0.3) is 0 Å². The second-order valence-electron chi connectivity index (χ2n) is 6.50. The van der Waals surface area contributed by atoms with E-state index in [0.29, 0.717) is 0 Å². The molecule has 0 bridgehead atoms. The molecular formula is C14H26N2O3. The first-order valence-electron chi connectivity index (χ1n) is 6.99. The largest absolute Gasteiger partial charge is 0.458 e. The van der Waals surface area contributed by atoms with Crippen molar-refractivity contribution in [2.75, 3.05) is 0 Å².